The molecule has 0 aliphatic heterocycles. The third-order valence-corrected chi connectivity index (χ3v) is 2.56. The second kappa shape index (κ2) is 3.45. The van der Waals surface area contributed by atoms with E-state index in [1.165, 1.54) is 11.8 Å². The lowest BCUT2D eigenvalue weighted by Gasteiger charge is -1.98. The van der Waals surface area contributed by atoms with Gasteiger partial charge in [0.1, 0.15) is 5.39 Å². The first kappa shape index (κ1) is 9.26. The van der Waals surface area contributed by atoms with Crippen molar-refractivity contribution >= 4 is 22.8 Å². The van der Waals surface area contributed by atoms with Gasteiger partial charge in [0.15, 0.2) is 10.8 Å². The van der Waals surface area contributed by atoms with E-state index >= 15 is 0 Å². The maximum absolute atomic E-state index is 11.5. The molecule has 0 aliphatic rings. The zero-order valence-corrected chi connectivity index (χ0v) is 8.76. The lowest BCUT2D eigenvalue weighted by atomic mass is 10.4. The minimum atomic E-state index is -0.126. The van der Waals surface area contributed by atoms with Crippen molar-refractivity contribution in [1.29, 1.82) is 0 Å². The lowest BCUT2D eigenvalue weighted by Crippen LogP contribution is -2.09. The van der Waals surface area contributed by atoms with Gasteiger partial charge in [-0.3, -0.25) is 4.79 Å². The molecule has 0 aromatic carbocycles. The van der Waals surface area contributed by atoms with Crippen LogP contribution in [-0.2, 0) is 6.54 Å². The van der Waals surface area contributed by atoms with Crippen LogP contribution >= 0.6 is 11.8 Å². The number of hydrogen-bond donors (Lipinski definition) is 1. The van der Waals surface area contributed by atoms with Crippen LogP contribution in [0.2, 0.25) is 0 Å². The minimum absolute atomic E-state index is 0.126. The van der Waals surface area contributed by atoms with Crippen molar-refractivity contribution < 1.29 is 0 Å². The van der Waals surface area contributed by atoms with Crippen molar-refractivity contribution in [2.24, 2.45) is 0 Å². The molecule has 0 radical (unpaired) electrons. The second-order valence-corrected chi connectivity index (χ2v) is 3.57. The van der Waals surface area contributed by atoms with Gasteiger partial charge >= 0.3 is 0 Å². The van der Waals surface area contributed by atoms with Crippen LogP contribution in [0, 0.1) is 0 Å². The van der Waals surface area contributed by atoms with Crippen molar-refractivity contribution in [2.45, 2.75) is 18.6 Å². The van der Waals surface area contributed by atoms with Crippen molar-refractivity contribution in [3.05, 3.63) is 16.6 Å². The summed E-state index contributed by atoms with van der Waals surface area (Å²) in [6.45, 7) is 2.68. The highest BCUT2D eigenvalue weighted by atomic mass is 32.2. The van der Waals surface area contributed by atoms with Crippen LogP contribution in [0.3, 0.4) is 0 Å². The Labute approximate surface area is 84.5 Å². The van der Waals surface area contributed by atoms with Gasteiger partial charge in [-0.25, -0.2) is 9.67 Å². The number of nitrogens with zero attached hydrogens (tertiary/aromatic N) is 3. The predicted octanol–water partition coefficient (Wildman–Crippen LogP) is 0.861. The highest BCUT2D eigenvalue weighted by Gasteiger charge is 2.07. The summed E-state index contributed by atoms with van der Waals surface area (Å²) in [5.41, 5.74) is 0.527. The Morgan fingerprint density at radius 2 is 2.43 bits per heavy atom. The molecule has 0 bridgehead atoms. The van der Waals surface area contributed by atoms with Crippen molar-refractivity contribution in [1.82, 2.24) is 19.7 Å². The molecule has 0 saturated heterocycles. The molecular weight excluding hydrogens is 200 g/mol. The first-order valence-electron chi connectivity index (χ1n) is 4.26. The molecule has 6 heteroatoms. The number of H-pyrrole nitrogens is 1. The van der Waals surface area contributed by atoms with Gasteiger partial charge in [-0.05, 0) is 13.2 Å². The van der Waals surface area contributed by atoms with Crippen LogP contribution in [-0.4, -0.2) is 26.0 Å². The number of fused-ring (bicyclic) bond motifs is 1. The zero-order chi connectivity index (χ0) is 10.1. The summed E-state index contributed by atoms with van der Waals surface area (Å²) in [5.74, 6) is 0. The van der Waals surface area contributed by atoms with Crippen LogP contribution in [0.4, 0.5) is 0 Å². The summed E-state index contributed by atoms with van der Waals surface area (Å²) in [7, 11) is 0. The molecule has 14 heavy (non-hydrogen) atoms. The smallest absolute Gasteiger partial charge is 0.262 e. The molecule has 0 spiro atoms. The molecule has 0 aliphatic carbocycles. The van der Waals surface area contributed by atoms with Gasteiger partial charge in [0.25, 0.3) is 5.56 Å². The van der Waals surface area contributed by atoms with Crippen LogP contribution in [0.5, 0.6) is 0 Å². The highest BCUT2D eigenvalue weighted by molar-refractivity contribution is 7.98. The number of thioether (sulfide) groups is 1. The molecule has 74 valence electrons. The third-order valence-electron chi connectivity index (χ3n) is 1.98. The fraction of sp³-hybridized carbons (Fsp3) is 0.375. The van der Waals surface area contributed by atoms with Crippen molar-refractivity contribution in [3.63, 3.8) is 0 Å². The Morgan fingerprint density at radius 3 is 3.07 bits per heavy atom. The molecular formula is C8H10N4OS. The SMILES string of the molecule is CCn1ncc2c(=O)[nH]c(SC)nc21. The number of aryl methyl sites for hydroxylation is 1. The topological polar surface area (TPSA) is 63.6 Å². The lowest BCUT2D eigenvalue weighted by molar-refractivity contribution is 0.672. The van der Waals surface area contributed by atoms with Crippen LogP contribution in [0.1, 0.15) is 6.92 Å². The highest BCUT2D eigenvalue weighted by Crippen LogP contribution is 2.11. The Kier molecular flexibility index (Phi) is 2.28. The van der Waals surface area contributed by atoms with E-state index in [0.29, 0.717) is 22.7 Å². The monoisotopic (exact) mass is 210 g/mol. The van der Waals surface area contributed by atoms with E-state index in [9.17, 15) is 4.79 Å². The average Bonchev–Trinajstić information content (AvgIpc) is 2.61. The van der Waals surface area contributed by atoms with Crippen LogP contribution < -0.4 is 5.56 Å². The van der Waals surface area contributed by atoms with Gasteiger partial charge < -0.3 is 4.98 Å². The summed E-state index contributed by atoms with van der Waals surface area (Å²) in [5, 5.41) is 5.24. The van der Waals surface area contributed by atoms with E-state index in [4.69, 9.17) is 0 Å². The molecule has 5 nitrogen and oxygen atoms in total. The van der Waals surface area contributed by atoms with Crippen LogP contribution in [0.25, 0.3) is 11.0 Å². The summed E-state index contributed by atoms with van der Waals surface area (Å²) in [6, 6.07) is 0. The number of aromatic amines is 1. The molecule has 1 N–H and O–H groups in total. The van der Waals surface area contributed by atoms with E-state index in [0.717, 1.165) is 0 Å². The number of nitrogens with one attached hydrogen (secondary N) is 1. The number of aromatic nitrogens is 4. The summed E-state index contributed by atoms with van der Waals surface area (Å²) < 4.78 is 1.71. The molecule has 0 saturated carbocycles. The molecule has 0 unspecified atom stereocenters. The molecule has 2 aromatic heterocycles. The van der Waals surface area contributed by atoms with Gasteiger partial charge in [-0.2, -0.15) is 5.10 Å². The molecule has 0 amide bonds. The van der Waals surface area contributed by atoms with Crippen molar-refractivity contribution in [2.75, 3.05) is 6.26 Å². The van der Waals surface area contributed by atoms with Gasteiger partial charge in [0.05, 0.1) is 6.20 Å². The normalized spacial score (nSPS) is 11.0. The Morgan fingerprint density at radius 1 is 1.64 bits per heavy atom. The fourth-order valence-electron chi connectivity index (χ4n) is 1.27. The molecule has 2 rings (SSSR count). The van der Waals surface area contributed by atoms with Gasteiger partial charge in [0.2, 0.25) is 0 Å². The van der Waals surface area contributed by atoms with Gasteiger partial charge in [0, 0.05) is 6.54 Å². The van der Waals surface area contributed by atoms with E-state index in [1.54, 1.807) is 10.9 Å². The predicted molar refractivity (Wildman–Crippen MR) is 55.6 cm³/mol. The summed E-state index contributed by atoms with van der Waals surface area (Å²) in [4.78, 5) is 18.5. The number of rotatable bonds is 2. The molecule has 2 aromatic rings. The number of hydrogen-bond acceptors (Lipinski definition) is 4. The van der Waals surface area contributed by atoms with E-state index in [1.807, 2.05) is 13.2 Å². The molecule has 2 heterocycles. The standard InChI is InChI=1S/C8H10N4OS/c1-3-12-6-5(4-9-12)7(13)11-8(10-6)14-2/h4H,3H2,1-2H3,(H,10,11,13). The first-order valence-corrected chi connectivity index (χ1v) is 5.48. The van der Waals surface area contributed by atoms with Crippen molar-refractivity contribution in [3.8, 4) is 0 Å². The zero-order valence-electron chi connectivity index (χ0n) is 7.94. The largest absolute Gasteiger partial charge is 0.301 e. The Balaban J connectivity index is 2.80. The van der Waals surface area contributed by atoms with E-state index in [-0.39, 0.29) is 5.56 Å². The van der Waals surface area contributed by atoms with E-state index in [2.05, 4.69) is 15.1 Å². The Bertz CT molecular complexity index is 516. The van der Waals surface area contributed by atoms with Gasteiger partial charge in [-0.1, -0.05) is 11.8 Å². The fourth-order valence-corrected chi connectivity index (χ4v) is 1.65. The average molecular weight is 210 g/mol. The first-order chi connectivity index (χ1) is 6.76. The quantitative estimate of drug-likeness (QED) is 0.590. The maximum Gasteiger partial charge on any atom is 0.262 e. The minimum Gasteiger partial charge on any atom is -0.301 e. The Hall–Kier alpha value is -1.30. The third kappa shape index (κ3) is 1.31. The molecule has 0 atom stereocenters. The van der Waals surface area contributed by atoms with Gasteiger partial charge in [-0.15, -0.1) is 0 Å². The second-order valence-electron chi connectivity index (χ2n) is 2.77. The maximum atomic E-state index is 11.5. The summed E-state index contributed by atoms with van der Waals surface area (Å²) >= 11 is 1.41. The summed E-state index contributed by atoms with van der Waals surface area (Å²) in [6.07, 6.45) is 3.42. The molecule has 0 fully saturated rings. The van der Waals surface area contributed by atoms with Crippen LogP contribution in [0.15, 0.2) is 16.1 Å². The van der Waals surface area contributed by atoms with E-state index < -0.39 is 0 Å².